The van der Waals surface area contributed by atoms with Crippen LogP contribution in [0.3, 0.4) is 0 Å². The molecule has 0 aromatic heterocycles. The van der Waals surface area contributed by atoms with Crippen molar-refractivity contribution in [2.24, 2.45) is 0 Å². The lowest BCUT2D eigenvalue weighted by molar-refractivity contribution is 1.51. The summed E-state index contributed by atoms with van der Waals surface area (Å²) in [6, 6.07) is 8.28. The Hall–Kier alpha value is -1.08. The number of hydrogen-bond donors (Lipinski definition) is 0. The summed E-state index contributed by atoms with van der Waals surface area (Å²) < 4.78 is 0. The number of allylic oxidation sites excluding steroid dienone is 1. The predicted octanol–water partition coefficient (Wildman–Crippen LogP) is 2.31. The normalized spacial score (nSPS) is 13.6. The van der Waals surface area contributed by atoms with Gasteiger partial charge in [-0.25, -0.2) is 0 Å². The molecule has 1 aromatic rings. The molecule has 0 saturated heterocycles. The molecule has 0 aliphatic heterocycles. The molecule has 0 atom stereocenters. The Morgan fingerprint density at radius 2 is 1.79 bits per heavy atom. The second-order valence-corrected chi connectivity index (χ2v) is 9.56. The van der Waals surface area contributed by atoms with E-state index in [0.717, 1.165) is 5.22 Å². The van der Waals surface area contributed by atoms with Gasteiger partial charge in [0.2, 0.25) is 0 Å². The summed E-state index contributed by atoms with van der Waals surface area (Å²) in [4.78, 5) is 0. The fraction of sp³-hybridized carbons (Fsp3) is 0.231. The average Bonchev–Trinajstić information content (AvgIpc) is 2.07. The SMILES string of the molecule is C=C/C(=c1/ccccc1=C)[Si](C)(C)C. The Morgan fingerprint density at radius 3 is 2.21 bits per heavy atom. The van der Waals surface area contributed by atoms with Crippen LogP contribution in [0, 0.1) is 0 Å². The van der Waals surface area contributed by atoms with Crippen LogP contribution in [0.5, 0.6) is 0 Å². The third kappa shape index (κ3) is 2.24. The lowest BCUT2D eigenvalue weighted by atomic mass is 10.2. The maximum Gasteiger partial charge on any atom is 0.0783 e. The molecule has 0 aliphatic carbocycles. The summed E-state index contributed by atoms with van der Waals surface area (Å²) >= 11 is 0. The number of benzene rings is 1. The van der Waals surface area contributed by atoms with Crippen LogP contribution in [0.15, 0.2) is 36.9 Å². The maximum absolute atomic E-state index is 4.06. The Labute approximate surface area is 87.3 Å². The highest BCUT2D eigenvalue weighted by Crippen LogP contribution is 2.14. The zero-order chi connectivity index (χ0) is 10.8. The first-order valence-electron chi connectivity index (χ1n) is 4.88. The van der Waals surface area contributed by atoms with Gasteiger partial charge in [-0.1, -0.05) is 68.3 Å². The molecule has 0 heterocycles. The van der Waals surface area contributed by atoms with Gasteiger partial charge in [-0.2, -0.15) is 0 Å². The highest BCUT2D eigenvalue weighted by Gasteiger charge is 2.17. The second kappa shape index (κ2) is 3.97. The summed E-state index contributed by atoms with van der Waals surface area (Å²) in [6.07, 6.45) is 2.00. The van der Waals surface area contributed by atoms with Crippen molar-refractivity contribution in [2.45, 2.75) is 19.6 Å². The van der Waals surface area contributed by atoms with E-state index in [-0.39, 0.29) is 0 Å². The first-order valence-corrected chi connectivity index (χ1v) is 8.38. The molecule has 0 N–H and O–H groups in total. The molecule has 14 heavy (non-hydrogen) atoms. The molecule has 0 nitrogen and oxygen atoms in total. The van der Waals surface area contributed by atoms with Crippen molar-refractivity contribution in [3.8, 4) is 0 Å². The van der Waals surface area contributed by atoms with Gasteiger partial charge in [0.1, 0.15) is 0 Å². The molecule has 0 unspecified atom stereocenters. The highest BCUT2D eigenvalue weighted by molar-refractivity contribution is 6.93. The summed E-state index contributed by atoms with van der Waals surface area (Å²) in [5, 5.41) is 3.76. The van der Waals surface area contributed by atoms with Crippen molar-refractivity contribution < 1.29 is 0 Å². The number of rotatable bonds is 2. The molecule has 1 heteroatoms. The summed E-state index contributed by atoms with van der Waals surface area (Å²) in [5.41, 5.74) is 0. The smallest absolute Gasteiger partial charge is 0.0783 e. The highest BCUT2D eigenvalue weighted by atomic mass is 28.3. The van der Waals surface area contributed by atoms with Crippen LogP contribution in [0.1, 0.15) is 0 Å². The zero-order valence-electron chi connectivity index (χ0n) is 9.30. The first-order chi connectivity index (χ1) is 6.46. The van der Waals surface area contributed by atoms with Crippen molar-refractivity contribution in [3.05, 3.63) is 47.4 Å². The summed E-state index contributed by atoms with van der Waals surface area (Å²) in [5.74, 6) is 0. The standard InChI is InChI=1S/C13H18Si/c1-6-13(14(3,4)5)12-10-8-7-9-11(12)2/h6-10H,1-2H2,3-5H3/b13-12+. The van der Waals surface area contributed by atoms with Crippen LogP contribution in [-0.4, -0.2) is 8.07 Å². The van der Waals surface area contributed by atoms with Crippen LogP contribution in [-0.2, 0) is 0 Å². The van der Waals surface area contributed by atoms with Crippen molar-refractivity contribution in [3.63, 3.8) is 0 Å². The monoisotopic (exact) mass is 202 g/mol. The van der Waals surface area contributed by atoms with Crippen LogP contribution >= 0.6 is 0 Å². The Morgan fingerprint density at radius 1 is 1.21 bits per heavy atom. The Kier molecular flexibility index (Phi) is 3.12. The van der Waals surface area contributed by atoms with Gasteiger partial charge < -0.3 is 0 Å². The van der Waals surface area contributed by atoms with E-state index in [1.807, 2.05) is 12.1 Å². The van der Waals surface area contributed by atoms with Gasteiger partial charge in [0, 0.05) is 0 Å². The average molecular weight is 202 g/mol. The fourth-order valence-corrected chi connectivity index (χ4v) is 3.27. The molecule has 0 radical (unpaired) electrons. The van der Waals surface area contributed by atoms with E-state index in [1.54, 1.807) is 0 Å². The van der Waals surface area contributed by atoms with Gasteiger partial charge in [0.15, 0.2) is 0 Å². The van der Waals surface area contributed by atoms with Crippen molar-refractivity contribution >= 4 is 19.8 Å². The van der Waals surface area contributed by atoms with Gasteiger partial charge in [-0.05, 0) is 10.4 Å². The quantitative estimate of drug-likeness (QED) is 0.646. The second-order valence-electron chi connectivity index (χ2n) is 4.52. The van der Waals surface area contributed by atoms with E-state index in [2.05, 4.69) is 51.0 Å². The fourth-order valence-electron chi connectivity index (χ4n) is 1.60. The molecule has 0 amide bonds. The maximum atomic E-state index is 4.06. The van der Waals surface area contributed by atoms with E-state index in [9.17, 15) is 0 Å². The van der Waals surface area contributed by atoms with Gasteiger partial charge in [-0.15, -0.1) is 0 Å². The van der Waals surface area contributed by atoms with Crippen LogP contribution in [0.4, 0.5) is 0 Å². The lowest BCUT2D eigenvalue weighted by Gasteiger charge is -2.17. The van der Waals surface area contributed by atoms with Crippen LogP contribution in [0.2, 0.25) is 19.6 Å². The summed E-state index contributed by atoms with van der Waals surface area (Å²) in [7, 11) is -1.30. The molecule has 0 saturated carbocycles. The summed E-state index contributed by atoms with van der Waals surface area (Å²) in [6.45, 7) is 15.0. The largest absolute Gasteiger partial charge is 0.0992 e. The van der Waals surface area contributed by atoms with E-state index in [4.69, 9.17) is 0 Å². The van der Waals surface area contributed by atoms with Crippen molar-refractivity contribution in [1.29, 1.82) is 0 Å². The first kappa shape index (κ1) is 11.0. The van der Waals surface area contributed by atoms with E-state index in [1.165, 1.54) is 10.4 Å². The molecule has 74 valence electrons. The van der Waals surface area contributed by atoms with Gasteiger partial charge >= 0.3 is 0 Å². The lowest BCUT2D eigenvalue weighted by Crippen LogP contribution is -2.34. The molecular weight excluding hydrogens is 184 g/mol. The van der Waals surface area contributed by atoms with E-state index >= 15 is 0 Å². The van der Waals surface area contributed by atoms with E-state index < -0.39 is 8.07 Å². The Balaban J connectivity index is 3.64. The minimum Gasteiger partial charge on any atom is -0.0992 e. The topological polar surface area (TPSA) is 0 Å². The number of hydrogen-bond acceptors (Lipinski definition) is 0. The zero-order valence-corrected chi connectivity index (χ0v) is 10.3. The molecule has 0 aliphatic rings. The van der Waals surface area contributed by atoms with Gasteiger partial charge in [0.25, 0.3) is 0 Å². The third-order valence-corrected chi connectivity index (χ3v) is 4.41. The minimum absolute atomic E-state index is 1.10. The Bertz CT molecular complexity index is 435. The van der Waals surface area contributed by atoms with Crippen molar-refractivity contribution in [1.82, 2.24) is 0 Å². The van der Waals surface area contributed by atoms with Gasteiger partial charge in [-0.3, -0.25) is 0 Å². The van der Waals surface area contributed by atoms with Gasteiger partial charge in [0.05, 0.1) is 8.07 Å². The van der Waals surface area contributed by atoms with Crippen LogP contribution < -0.4 is 10.4 Å². The van der Waals surface area contributed by atoms with Crippen molar-refractivity contribution in [2.75, 3.05) is 0 Å². The molecule has 0 fully saturated rings. The molecule has 1 rings (SSSR count). The molecule has 1 aromatic carbocycles. The van der Waals surface area contributed by atoms with E-state index in [0.29, 0.717) is 0 Å². The van der Waals surface area contributed by atoms with Crippen LogP contribution in [0.25, 0.3) is 11.8 Å². The molecular formula is C13H18Si. The minimum atomic E-state index is -1.30. The third-order valence-electron chi connectivity index (χ3n) is 2.32. The molecule has 0 bridgehead atoms. The molecule has 0 spiro atoms. The predicted molar refractivity (Wildman–Crippen MR) is 68.2 cm³/mol.